The molecule has 0 aromatic heterocycles. The van der Waals surface area contributed by atoms with Crippen molar-refractivity contribution < 1.29 is 16.8 Å². The van der Waals surface area contributed by atoms with E-state index in [0.717, 1.165) is 4.47 Å². The van der Waals surface area contributed by atoms with Crippen molar-refractivity contribution in [1.29, 1.82) is 0 Å². The van der Waals surface area contributed by atoms with Crippen LogP contribution >= 0.6 is 15.9 Å². The Kier molecular flexibility index (Phi) is 4.23. The van der Waals surface area contributed by atoms with Crippen LogP contribution in [0.25, 0.3) is 0 Å². The highest BCUT2D eigenvalue weighted by Crippen LogP contribution is 2.37. The van der Waals surface area contributed by atoms with Gasteiger partial charge in [0.15, 0.2) is 0 Å². The van der Waals surface area contributed by atoms with Gasteiger partial charge in [0.25, 0.3) is 10.0 Å². The predicted molar refractivity (Wildman–Crippen MR) is 94.8 cm³/mol. The molecule has 0 saturated carbocycles. The highest BCUT2D eigenvalue weighted by atomic mass is 79.9. The predicted octanol–water partition coefficient (Wildman–Crippen LogP) is 2.24. The summed E-state index contributed by atoms with van der Waals surface area (Å²) in [6, 6.07) is 10.3. The van der Waals surface area contributed by atoms with Crippen LogP contribution in [-0.2, 0) is 26.5 Å². The van der Waals surface area contributed by atoms with E-state index in [9.17, 15) is 16.8 Å². The Morgan fingerprint density at radius 2 is 1.62 bits per heavy atom. The van der Waals surface area contributed by atoms with Crippen LogP contribution in [0.15, 0.2) is 56.7 Å². The Balaban J connectivity index is 2.10. The van der Waals surface area contributed by atoms with E-state index in [1.54, 1.807) is 19.1 Å². The molecule has 6 nitrogen and oxygen atoms in total. The molecule has 0 unspecified atom stereocenters. The fourth-order valence-electron chi connectivity index (χ4n) is 2.84. The van der Waals surface area contributed by atoms with Crippen LogP contribution in [0.2, 0.25) is 0 Å². The van der Waals surface area contributed by atoms with Gasteiger partial charge in [-0.25, -0.2) is 22.0 Å². The lowest BCUT2D eigenvalue weighted by Gasteiger charge is -2.24. The molecule has 9 heteroatoms. The van der Waals surface area contributed by atoms with Crippen molar-refractivity contribution >= 4 is 41.7 Å². The summed E-state index contributed by atoms with van der Waals surface area (Å²) in [6.07, 6.45) is 0.425. The Labute approximate surface area is 149 Å². The van der Waals surface area contributed by atoms with Crippen molar-refractivity contribution in [3.8, 4) is 0 Å². The third-order valence-corrected chi connectivity index (χ3v) is 7.29. The van der Waals surface area contributed by atoms with Crippen LogP contribution < -0.4 is 9.44 Å². The third-order valence-electron chi connectivity index (χ3n) is 3.90. The third kappa shape index (κ3) is 2.97. The van der Waals surface area contributed by atoms with Gasteiger partial charge in [-0.2, -0.15) is 0 Å². The molecular weight excluding hydrogens is 416 g/mol. The Hall–Kier alpha value is -1.42. The van der Waals surface area contributed by atoms with Crippen LogP contribution in [0, 0.1) is 0 Å². The van der Waals surface area contributed by atoms with E-state index in [0.29, 0.717) is 17.7 Å². The quantitative estimate of drug-likeness (QED) is 0.806. The Bertz CT molecular complexity index is 1000. The number of fused-ring (bicyclic) bond motifs is 1. The van der Waals surface area contributed by atoms with Gasteiger partial charge in [-0.05, 0) is 61.4 Å². The molecule has 0 fully saturated rings. The van der Waals surface area contributed by atoms with E-state index in [-0.39, 0.29) is 15.8 Å². The van der Waals surface area contributed by atoms with E-state index in [2.05, 4.69) is 15.9 Å². The van der Waals surface area contributed by atoms with E-state index >= 15 is 0 Å². The number of sulfonamides is 2. The number of nitrogens with two attached hydrogens (primary N) is 1. The van der Waals surface area contributed by atoms with Gasteiger partial charge >= 0.3 is 0 Å². The summed E-state index contributed by atoms with van der Waals surface area (Å²) in [6.45, 7) is 1.78. The summed E-state index contributed by atoms with van der Waals surface area (Å²) in [7, 11) is -7.56. The van der Waals surface area contributed by atoms with Gasteiger partial charge in [0.1, 0.15) is 0 Å². The first-order chi connectivity index (χ1) is 11.1. The number of nitrogens with zero attached hydrogens (tertiary/aromatic N) is 1. The topological polar surface area (TPSA) is 97.5 Å². The van der Waals surface area contributed by atoms with Gasteiger partial charge in [-0.1, -0.05) is 15.9 Å². The van der Waals surface area contributed by atoms with Gasteiger partial charge < -0.3 is 0 Å². The van der Waals surface area contributed by atoms with Gasteiger partial charge in [0.2, 0.25) is 10.0 Å². The first-order valence-corrected chi connectivity index (χ1v) is 10.8. The molecule has 2 aromatic carbocycles. The Morgan fingerprint density at radius 3 is 2.21 bits per heavy atom. The second-order valence-corrected chi connectivity index (χ2v) is 9.94. The largest absolute Gasteiger partial charge is 0.264 e. The molecule has 0 aliphatic carbocycles. The minimum atomic E-state index is -3.82. The SMILES string of the molecule is C[C@@H]1Cc2cc(S(N)(=O)=O)ccc2N1S(=O)(=O)c1ccc(Br)cc1. The molecule has 3 rings (SSSR count). The maximum absolute atomic E-state index is 13.0. The first-order valence-electron chi connectivity index (χ1n) is 7.06. The second kappa shape index (κ2) is 5.83. The summed E-state index contributed by atoms with van der Waals surface area (Å²) < 4.78 is 51.0. The Morgan fingerprint density at radius 1 is 1.04 bits per heavy atom. The summed E-state index contributed by atoms with van der Waals surface area (Å²) in [5, 5.41) is 5.15. The molecule has 128 valence electrons. The summed E-state index contributed by atoms with van der Waals surface area (Å²) in [5.41, 5.74) is 1.13. The van der Waals surface area contributed by atoms with Crippen LogP contribution in [0.5, 0.6) is 0 Å². The van der Waals surface area contributed by atoms with Crippen LogP contribution in [0.1, 0.15) is 12.5 Å². The second-order valence-electron chi connectivity index (χ2n) is 5.64. The molecule has 24 heavy (non-hydrogen) atoms. The molecule has 0 bridgehead atoms. The van der Waals surface area contributed by atoms with Crippen molar-refractivity contribution in [2.45, 2.75) is 29.2 Å². The maximum atomic E-state index is 13.0. The molecule has 1 aliphatic heterocycles. The van der Waals surface area contributed by atoms with E-state index in [4.69, 9.17) is 5.14 Å². The van der Waals surface area contributed by atoms with Crippen molar-refractivity contribution in [3.63, 3.8) is 0 Å². The number of benzene rings is 2. The summed E-state index contributed by atoms with van der Waals surface area (Å²) >= 11 is 3.28. The van der Waals surface area contributed by atoms with E-state index in [1.165, 1.54) is 34.6 Å². The fraction of sp³-hybridized carbons (Fsp3) is 0.200. The minimum Gasteiger partial charge on any atom is -0.263 e. The molecule has 2 aromatic rings. The zero-order chi connectivity index (χ0) is 17.7. The number of anilines is 1. The monoisotopic (exact) mass is 430 g/mol. The molecule has 0 saturated heterocycles. The zero-order valence-electron chi connectivity index (χ0n) is 12.7. The van der Waals surface area contributed by atoms with Crippen LogP contribution in [-0.4, -0.2) is 22.9 Å². The number of halogens is 1. The number of hydrogen-bond acceptors (Lipinski definition) is 4. The summed E-state index contributed by atoms with van der Waals surface area (Å²) in [5.74, 6) is 0. The van der Waals surface area contributed by atoms with Crippen LogP contribution in [0.3, 0.4) is 0 Å². The van der Waals surface area contributed by atoms with Crippen molar-refractivity contribution in [2.24, 2.45) is 5.14 Å². The minimum absolute atomic E-state index is 0.0173. The number of hydrogen-bond donors (Lipinski definition) is 1. The molecule has 0 amide bonds. The fourth-order valence-corrected chi connectivity index (χ4v) is 5.36. The highest BCUT2D eigenvalue weighted by Gasteiger charge is 2.36. The lowest BCUT2D eigenvalue weighted by molar-refractivity contribution is 0.584. The smallest absolute Gasteiger partial charge is 0.263 e. The molecule has 1 aliphatic rings. The van der Waals surface area contributed by atoms with Crippen molar-refractivity contribution in [2.75, 3.05) is 4.31 Å². The number of primary sulfonamides is 1. The maximum Gasteiger partial charge on any atom is 0.264 e. The normalized spacial score (nSPS) is 17.8. The van der Waals surface area contributed by atoms with E-state index < -0.39 is 20.0 Å². The standard InChI is InChI=1S/C15H15BrN2O4S2/c1-10-8-11-9-14(23(17,19)20)6-7-15(11)18(10)24(21,22)13-4-2-12(16)3-5-13/h2-7,9-10H,8H2,1H3,(H2,17,19,20)/t10-/m1/s1. The van der Waals surface area contributed by atoms with Crippen molar-refractivity contribution in [1.82, 2.24) is 0 Å². The average molecular weight is 431 g/mol. The molecular formula is C15H15BrN2O4S2. The van der Waals surface area contributed by atoms with Crippen LogP contribution in [0.4, 0.5) is 5.69 Å². The van der Waals surface area contributed by atoms with E-state index in [1.807, 2.05) is 0 Å². The van der Waals surface area contributed by atoms with Gasteiger partial charge in [0, 0.05) is 10.5 Å². The molecule has 1 atom stereocenters. The zero-order valence-corrected chi connectivity index (χ0v) is 15.9. The molecule has 0 spiro atoms. The summed E-state index contributed by atoms with van der Waals surface area (Å²) in [4.78, 5) is 0.164. The lowest BCUT2D eigenvalue weighted by atomic mass is 10.1. The first kappa shape index (κ1) is 17.4. The van der Waals surface area contributed by atoms with Crippen molar-refractivity contribution in [3.05, 3.63) is 52.5 Å². The van der Waals surface area contributed by atoms with Gasteiger partial charge in [-0.3, -0.25) is 4.31 Å². The lowest BCUT2D eigenvalue weighted by Crippen LogP contribution is -2.35. The average Bonchev–Trinajstić information content (AvgIpc) is 2.82. The molecule has 1 heterocycles. The molecule has 2 N–H and O–H groups in total. The van der Waals surface area contributed by atoms with Gasteiger partial charge in [-0.15, -0.1) is 0 Å². The molecule has 0 radical (unpaired) electrons. The number of rotatable bonds is 3. The highest BCUT2D eigenvalue weighted by molar-refractivity contribution is 9.10. The van der Waals surface area contributed by atoms with Gasteiger partial charge in [0.05, 0.1) is 15.5 Å².